The Balaban J connectivity index is 1.44. The molecule has 1 unspecified atom stereocenters. The number of alkyl halides is 1. The van der Waals surface area contributed by atoms with Gasteiger partial charge in [-0.1, -0.05) is 90.5 Å². The van der Waals surface area contributed by atoms with E-state index in [0.717, 1.165) is 50.5 Å². The Morgan fingerprint density at radius 1 is 1.10 bits per heavy atom. The van der Waals surface area contributed by atoms with Crippen molar-refractivity contribution in [1.29, 1.82) is 0 Å². The van der Waals surface area contributed by atoms with Crippen LogP contribution in [-0.4, -0.2) is 93.5 Å². The molecule has 49 heavy (non-hydrogen) atoms. The number of carbonyl (C=O) groups is 4. The molecule has 7 atom stereocenters. The molecule has 4 fully saturated rings. The number of aliphatic hydroxyl groups is 1. The maximum Gasteiger partial charge on any atom is 0.306 e. The molecule has 3 amide bonds. The molecule has 3 heterocycles. The number of rotatable bonds is 18. The van der Waals surface area contributed by atoms with Crippen LogP contribution in [0.2, 0.25) is 0 Å². The van der Waals surface area contributed by atoms with Crippen LogP contribution in [0.25, 0.3) is 0 Å². The van der Waals surface area contributed by atoms with Gasteiger partial charge in [0, 0.05) is 37.0 Å². The number of unbranched alkanes of at least 4 members (excludes halogenated alkanes) is 3. The third-order valence-corrected chi connectivity index (χ3v) is 11.6. The molecular formula is C38H52BrN3O7. The summed E-state index contributed by atoms with van der Waals surface area (Å²) in [4.78, 5) is 59.6. The zero-order valence-electron chi connectivity index (χ0n) is 28.5. The van der Waals surface area contributed by atoms with E-state index in [2.05, 4.69) is 34.4 Å². The first-order valence-electron chi connectivity index (χ1n) is 18.0. The Kier molecular flexibility index (Phi) is 13.1. The fourth-order valence-corrected chi connectivity index (χ4v) is 9.39. The SMILES string of the molecule is C=CCCC(=O)OC[C@H](NC(=O)[C@@H]1[C@H]2O[C@@]3(CC2Br)[C@H](C(=O)N(CC=C)C2CCCCC2)N(CCCCCCO)C(=O)[C@@H]13)c1ccccc1. The van der Waals surface area contributed by atoms with E-state index in [9.17, 15) is 24.3 Å². The number of benzene rings is 1. The van der Waals surface area contributed by atoms with Crippen LogP contribution < -0.4 is 5.32 Å². The minimum atomic E-state index is -1.16. The van der Waals surface area contributed by atoms with Crippen molar-refractivity contribution in [2.45, 2.75) is 112 Å². The van der Waals surface area contributed by atoms with Crippen molar-refractivity contribution in [2.24, 2.45) is 11.8 Å². The van der Waals surface area contributed by atoms with E-state index in [1.54, 1.807) is 17.1 Å². The molecule has 2 N–H and O–H groups in total. The van der Waals surface area contributed by atoms with E-state index >= 15 is 0 Å². The highest BCUT2D eigenvalue weighted by molar-refractivity contribution is 9.09. The topological polar surface area (TPSA) is 125 Å². The first-order valence-corrected chi connectivity index (χ1v) is 18.9. The van der Waals surface area contributed by atoms with Gasteiger partial charge in [-0.25, -0.2) is 0 Å². The van der Waals surface area contributed by atoms with E-state index in [-0.39, 0.29) is 54.2 Å². The van der Waals surface area contributed by atoms with E-state index in [0.29, 0.717) is 38.8 Å². The van der Waals surface area contributed by atoms with Gasteiger partial charge in [0.2, 0.25) is 17.7 Å². The minimum Gasteiger partial charge on any atom is -0.463 e. The van der Waals surface area contributed by atoms with Gasteiger partial charge in [-0.05, 0) is 44.1 Å². The Morgan fingerprint density at radius 3 is 2.53 bits per heavy atom. The van der Waals surface area contributed by atoms with Crippen LogP contribution >= 0.6 is 15.9 Å². The lowest BCUT2D eigenvalue weighted by Gasteiger charge is -2.41. The van der Waals surface area contributed by atoms with Crippen molar-refractivity contribution in [3.8, 4) is 0 Å². The highest BCUT2D eigenvalue weighted by Gasteiger charge is 2.76. The van der Waals surface area contributed by atoms with E-state index < -0.39 is 35.6 Å². The summed E-state index contributed by atoms with van der Waals surface area (Å²) in [5.41, 5.74) is -0.391. The standard InChI is InChI=1S/C38H52BrN3O7/c1-3-5-20-30(44)48-25-29(26-16-10-8-11-17-26)40-35(45)31-32-36(46)42(22-14-6-7-15-23-43)34(38(32)24-28(39)33(31)49-38)37(47)41(21-4-2)27-18-12-9-13-19-27/h3-4,8,10-11,16-17,27-29,31-34,43H,1-2,5-7,9,12-15,18-25H2,(H,40,45)/t28?,29-,31-,32+,33-,34-,38+/m0/s1. The second kappa shape index (κ2) is 17.3. The zero-order valence-corrected chi connectivity index (χ0v) is 30.1. The molecule has 1 aromatic carbocycles. The predicted octanol–water partition coefficient (Wildman–Crippen LogP) is 5.00. The molecule has 268 valence electrons. The monoisotopic (exact) mass is 741 g/mol. The van der Waals surface area contributed by atoms with Crippen LogP contribution in [0, 0.1) is 11.8 Å². The Hall–Kier alpha value is -3.02. The molecule has 0 radical (unpaired) electrons. The molecule has 0 aromatic heterocycles. The first-order chi connectivity index (χ1) is 23.8. The largest absolute Gasteiger partial charge is 0.463 e. The molecule has 1 saturated carbocycles. The van der Waals surface area contributed by atoms with Crippen molar-refractivity contribution in [3.63, 3.8) is 0 Å². The second-order valence-electron chi connectivity index (χ2n) is 13.9. The van der Waals surface area contributed by atoms with Gasteiger partial charge in [-0.15, -0.1) is 13.2 Å². The van der Waals surface area contributed by atoms with Gasteiger partial charge in [0.15, 0.2) is 0 Å². The number of amides is 3. The number of hydrogen-bond acceptors (Lipinski definition) is 7. The maximum atomic E-state index is 14.8. The Bertz CT molecular complexity index is 1340. The van der Waals surface area contributed by atoms with Crippen LogP contribution in [0.1, 0.15) is 88.7 Å². The third-order valence-electron chi connectivity index (χ3n) is 10.7. The van der Waals surface area contributed by atoms with Crippen molar-refractivity contribution in [3.05, 3.63) is 61.2 Å². The number of hydrogen-bond donors (Lipinski definition) is 2. The fraction of sp³-hybridized carbons (Fsp3) is 0.632. The molecule has 2 bridgehead atoms. The van der Waals surface area contributed by atoms with Crippen LogP contribution in [-0.2, 0) is 28.7 Å². The van der Waals surface area contributed by atoms with Gasteiger partial charge in [0.1, 0.15) is 18.2 Å². The summed E-state index contributed by atoms with van der Waals surface area (Å²) in [6.07, 6.45) is 12.0. The number of fused-ring (bicyclic) bond motifs is 1. The van der Waals surface area contributed by atoms with Gasteiger partial charge in [-0.2, -0.15) is 0 Å². The molecule has 5 rings (SSSR count). The number of halogens is 1. The normalized spacial score (nSPS) is 28.2. The number of likely N-dealkylation sites (tertiary alicyclic amines) is 1. The van der Waals surface area contributed by atoms with Crippen LogP contribution in [0.15, 0.2) is 55.6 Å². The fourth-order valence-electron chi connectivity index (χ4n) is 8.45. The number of ether oxygens (including phenoxy) is 2. The highest BCUT2D eigenvalue weighted by atomic mass is 79.9. The molecule has 1 aliphatic carbocycles. The number of allylic oxidation sites excluding steroid dienone is 1. The number of esters is 1. The van der Waals surface area contributed by atoms with Crippen LogP contribution in [0.5, 0.6) is 0 Å². The van der Waals surface area contributed by atoms with Gasteiger partial charge in [0.05, 0.1) is 24.0 Å². The molecule has 11 heteroatoms. The molecule has 3 saturated heterocycles. The molecule has 1 spiro atoms. The van der Waals surface area contributed by atoms with E-state index in [4.69, 9.17) is 9.47 Å². The summed E-state index contributed by atoms with van der Waals surface area (Å²) in [5, 5.41) is 12.4. The second-order valence-corrected chi connectivity index (χ2v) is 15.1. The van der Waals surface area contributed by atoms with Gasteiger partial charge < -0.3 is 29.7 Å². The Morgan fingerprint density at radius 2 is 1.84 bits per heavy atom. The van der Waals surface area contributed by atoms with Gasteiger partial charge in [0.25, 0.3) is 0 Å². The molecule has 4 aliphatic rings. The lowest BCUT2D eigenvalue weighted by molar-refractivity contribution is -0.150. The van der Waals surface area contributed by atoms with Crippen molar-refractivity contribution in [1.82, 2.24) is 15.1 Å². The zero-order chi connectivity index (χ0) is 35.0. The first kappa shape index (κ1) is 37.2. The summed E-state index contributed by atoms with van der Waals surface area (Å²) >= 11 is 3.79. The van der Waals surface area contributed by atoms with Gasteiger partial charge >= 0.3 is 5.97 Å². The van der Waals surface area contributed by atoms with E-state index in [1.165, 1.54) is 0 Å². The average Bonchev–Trinajstić information content (AvgIpc) is 3.71. The predicted molar refractivity (Wildman–Crippen MR) is 189 cm³/mol. The van der Waals surface area contributed by atoms with Crippen molar-refractivity contribution >= 4 is 39.6 Å². The number of nitrogens with one attached hydrogen (secondary N) is 1. The summed E-state index contributed by atoms with van der Waals surface area (Å²) in [6.45, 7) is 8.41. The Labute approximate surface area is 298 Å². The van der Waals surface area contributed by atoms with Crippen LogP contribution in [0.3, 0.4) is 0 Å². The highest BCUT2D eigenvalue weighted by Crippen LogP contribution is 2.60. The van der Waals surface area contributed by atoms with E-state index in [1.807, 2.05) is 35.2 Å². The molecule has 3 aliphatic heterocycles. The summed E-state index contributed by atoms with van der Waals surface area (Å²) < 4.78 is 12.4. The maximum absolute atomic E-state index is 14.8. The smallest absolute Gasteiger partial charge is 0.306 e. The quantitative estimate of drug-likeness (QED) is 0.0939. The lowest BCUT2D eigenvalue weighted by atomic mass is 9.70. The minimum absolute atomic E-state index is 0.0643. The van der Waals surface area contributed by atoms with Crippen molar-refractivity contribution < 1.29 is 33.8 Å². The summed E-state index contributed by atoms with van der Waals surface area (Å²) in [6, 6.07) is 7.87. The van der Waals surface area contributed by atoms with Crippen molar-refractivity contribution in [2.75, 3.05) is 26.3 Å². The molecule has 10 nitrogen and oxygen atoms in total. The third kappa shape index (κ3) is 7.99. The number of aliphatic hydroxyl groups excluding tert-OH is 1. The van der Waals surface area contributed by atoms with Gasteiger partial charge in [-0.3, -0.25) is 19.2 Å². The summed E-state index contributed by atoms with van der Waals surface area (Å²) in [7, 11) is 0. The number of nitrogens with zero attached hydrogens (tertiary/aromatic N) is 2. The van der Waals surface area contributed by atoms with Crippen LogP contribution in [0.4, 0.5) is 0 Å². The molecule has 1 aromatic rings. The number of carbonyl (C=O) groups excluding carboxylic acids is 4. The average molecular weight is 743 g/mol. The molecular weight excluding hydrogens is 690 g/mol. The summed E-state index contributed by atoms with van der Waals surface area (Å²) in [5.74, 6) is -2.78. The lowest BCUT2D eigenvalue weighted by Crippen LogP contribution is -2.58.